The van der Waals surface area contributed by atoms with Crippen molar-refractivity contribution in [3.63, 3.8) is 0 Å². The molecule has 2 aromatic rings. The van der Waals surface area contributed by atoms with Crippen molar-refractivity contribution in [1.29, 1.82) is 0 Å². The predicted molar refractivity (Wildman–Crippen MR) is 84.3 cm³/mol. The Morgan fingerprint density at radius 3 is 2.33 bits per heavy atom. The molecular formula is C15H15BrO4S. The van der Waals surface area contributed by atoms with Gasteiger partial charge in [0, 0.05) is 6.07 Å². The second-order valence-corrected chi connectivity index (χ2v) is 6.73. The molecule has 0 saturated carbocycles. The van der Waals surface area contributed by atoms with Crippen LogP contribution in [-0.4, -0.2) is 15.5 Å². The van der Waals surface area contributed by atoms with Crippen molar-refractivity contribution >= 4 is 26.0 Å². The average molecular weight is 371 g/mol. The highest BCUT2D eigenvalue weighted by Crippen LogP contribution is 2.29. The van der Waals surface area contributed by atoms with Gasteiger partial charge in [-0.25, -0.2) is 0 Å². The minimum Gasteiger partial charge on any atom is -0.496 e. The lowest BCUT2D eigenvalue weighted by molar-refractivity contribution is 0.410. The fourth-order valence-corrected chi connectivity index (χ4v) is 3.11. The van der Waals surface area contributed by atoms with Crippen molar-refractivity contribution in [3.8, 4) is 11.5 Å². The standard InChI is InChI=1S/C15H15BrO4S/c1-3-11-4-6-12(7-5-11)20-21(17,18)13-8-9-14(16)15(10-13)19-2/h4-10H,3H2,1-2H3. The first kappa shape index (κ1) is 15.9. The van der Waals surface area contributed by atoms with Crippen LogP contribution < -0.4 is 8.92 Å². The van der Waals surface area contributed by atoms with Gasteiger partial charge in [0.05, 0.1) is 11.6 Å². The molecule has 0 fully saturated rings. The summed E-state index contributed by atoms with van der Waals surface area (Å²) in [7, 11) is -2.41. The van der Waals surface area contributed by atoms with Crippen LogP contribution in [0.15, 0.2) is 51.8 Å². The van der Waals surface area contributed by atoms with Crippen molar-refractivity contribution < 1.29 is 17.3 Å². The molecule has 0 aliphatic heterocycles. The normalized spacial score (nSPS) is 11.2. The highest BCUT2D eigenvalue weighted by Gasteiger charge is 2.18. The van der Waals surface area contributed by atoms with E-state index in [1.54, 1.807) is 18.2 Å². The number of benzene rings is 2. The Labute approximate surface area is 133 Å². The highest BCUT2D eigenvalue weighted by atomic mass is 79.9. The number of ether oxygens (including phenoxy) is 1. The molecule has 0 aromatic heterocycles. The third-order valence-corrected chi connectivity index (χ3v) is 4.85. The Kier molecular flexibility index (Phi) is 4.90. The molecule has 0 bridgehead atoms. The van der Waals surface area contributed by atoms with Crippen LogP contribution in [0.2, 0.25) is 0 Å². The van der Waals surface area contributed by atoms with Crippen LogP contribution in [0.25, 0.3) is 0 Å². The van der Waals surface area contributed by atoms with Gasteiger partial charge in [0.15, 0.2) is 0 Å². The quantitative estimate of drug-likeness (QED) is 0.751. The Bertz CT molecular complexity index is 724. The van der Waals surface area contributed by atoms with E-state index in [1.165, 1.54) is 19.2 Å². The third kappa shape index (κ3) is 3.77. The van der Waals surface area contributed by atoms with Crippen molar-refractivity contribution in [2.45, 2.75) is 18.2 Å². The van der Waals surface area contributed by atoms with Crippen molar-refractivity contribution in [2.75, 3.05) is 7.11 Å². The predicted octanol–water partition coefficient (Wildman–Crippen LogP) is 3.79. The molecule has 0 aliphatic rings. The fraction of sp³-hybridized carbons (Fsp3) is 0.200. The number of hydrogen-bond acceptors (Lipinski definition) is 4. The van der Waals surface area contributed by atoms with Crippen LogP contribution in [0, 0.1) is 0 Å². The van der Waals surface area contributed by atoms with Gasteiger partial charge in [0.25, 0.3) is 0 Å². The van der Waals surface area contributed by atoms with Gasteiger partial charge in [-0.1, -0.05) is 19.1 Å². The first-order valence-electron chi connectivity index (χ1n) is 6.33. The maximum Gasteiger partial charge on any atom is 0.339 e. The zero-order valence-corrected chi connectivity index (χ0v) is 14.1. The molecule has 0 unspecified atom stereocenters. The lowest BCUT2D eigenvalue weighted by atomic mass is 10.2. The molecule has 2 rings (SSSR count). The second kappa shape index (κ2) is 6.49. The number of aryl methyl sites for hydroxylation is 1. The van der Waals surface area contributed by atoms with E-state index in [-0.39, 0.29) is 10.6 Å². The summed E-state index contributed by atoms with van der Waals surface area (Å²) in [5, 5.41) is 0. The zero-order valence-electron chi connectivity index (χ0n) is 11.7. The molecule has 0 radical (unpaired) electrons. The van der Waals surface area contributed by atoms with Gasteiger partial charge < -0.3 is 8.92 Å². The molecule has 0 amide bonds. The topological polar surface area (TPSA) is 52.6 Å². The first-order chi connectivity index (χ1) is 9.96. The lowest BCUT2D eigenvalue weighted by Crippen LogP contribution is -2.10. The average Bonchev–Trinajstić information content (AvgIpc) is 2.48. The van der Waals surface area contributed by atoms with Crippen LogP contribution in [0.4, 0.5) is 0 Å². The van der Waals surface area contributed by atoms with Gasteiger partial charge >= 0.3 is 10.1 Å². The molecule has 21 heavy (non-hydrogen) atoms. The largest absolute Gasteiger partial charge is 0.496 e. The Morgan fingerprint density at radius 2 is 1.76 bits per heavy atom. The van der Waals surface area contributed by atoms with Gasteiger partial charge in [-0.2, -0.15) is 8.42 Å². The summed E-state index contributed by atoms with van der Waals surface area (Å²) in [6.45, 7) is 2.03. The molecular weight excluding hydrogens is 356 g/mol. The number of methoxy groups -OCH3 is 1. The van der Waals surface area contributed by atoms with E-state index < -0.39 is 10.1 Å². The summed E-state index contributed by atoms with van der Waals surface area (Å²) >= 11 is 3.28. The SMILES string of the molecule is CCc1ccc(OS(=O)(=O)c2ccc(Br)c(OC)c2)cc1. The molecule has 0 spiro atoms. The molecule has 0 atom stereocenters. The van der Waals surface area contributed by atoms with Crippen LogP contribution in [-0.2, 0) is 16.5 Å². The number of rotatable bonds is 5. The van der Waals surface area contributed by atoms with E-state index >= 15 is 0 Å². The van der Waals surface area contributed by atoms with E-state index in [1.807, 2.05) is 19.1 Å². The minimum absolute atomic E-state index is 0.0436. The summed E-state index contributed by atoms with van der Waals surface area (Å²) in [6, 6.07) is 11.5. The van der Waals surface area contributed by atoms with Crippen LogP contribution in [0.3, 0.4) is 0 Å². The van der Waals surface area contributed by atoms with Gasteiger partial charge in [0.1, 0.15) is 16.4 Å². The molecule has 2 aromatic carbocycles. The smallest absolute Gasteiger partial charge is 0.339 e. The Balaban J connectivity index is 2.29. The highest BCUT2D eigenvalue weighted by molar-refractivity contribution is 9.10. The molecule has 0 aliphatic carbocycles. The second-order valence-electron chi connectivity index (χ2n) is 4.33. The number of hydrogen-bond donors (Lipinski definition) is 0. The van der Waals surface area contributed by atoms with E-state index in [9.17, 15) is 8.42 Å². The van der Waals surface area contributed by atoms with Crippen molar-refractivity contribution in [3.05, 3.63) is 52.5 Å². The molecule has 6 heteroatoms. The summed E-state index contributed by atoms with van der Waals surface area (Å²) in [6.07, 6.45) is 0.886. The summed E-state index contributed by atoms with van der Waals surface area (Å²) in [5.41, 5.74) is 1.12. The summed E-state index contributed by atoms with van der Waals surface area (Å²) < 4.78 is 35.4. The van der Waals surface area contributed by atoms with Crippen LogP contribution in [0.5, 0.6) is 11.5 Å². The molecule has 4 nitrogen and oxygen atoms in total. The first-order valence-corrected chi connectivity index (χ1v) is 8.53. The van der Waals surface area contributed by atoms with Crippen molar-refractivity contribution in [1.82, 2.24) is 0 Å². The van der Waals surface area contributed by atoms with E-state index in [0.717, 1.165) is 12.0 Å². The Morgan fingerprint density at radius 1 is 1.10 bits per heavy atom. The minimum atomic E-state index is -3.88. The van der Waals surface area contributed by atoms with Crippen LogP contribution >= 0.6 is 15.9 Å². The summed E-state index contributed by atoms with van der Waals surface area (Å²) in [4.78, 5) is 0.0436. The maximum absolute atomic E-state index is 12.2. The van der Waals surface area contributed by atoms with Crippen LogP contribution in [0.1, 0.15) is 12.5 Å². The number of halogens is 1. The molecule has 0 N–H and O–H groups in total. The lowest BCUT2D eigenvalue weighted by Gasteiger charge is -2.09. The molecule has 112 valence electrons. The zero-order chi connectivity index (χ0) is 15.5. The maximum atomic E-state index is 12.2. The van der Waals surface area contributed by atoms with E-state index in [2.05, 4.69) is 15.9 Å². The van der Waals surface area contributed by atoms with Gasteiger partial charge in [0.2, 0.25) is 0 Å². The van der Waals surface area contributed by atoms with Gasteiger partial charge in [-0.05, 0) is 52.2 Å². The fourth-order valence-electron chi connectivity index (χ4n) is 1.75. The van der Waals surface area contributed by atoms with Gasteiger partial charge in [-0.15, -0.1) is 0 Å². The monoisotopic (exact) mass is 370 g/mol. The molecule has 0 saturated heterocycles. The van der Waals surface area contributed by atoms with Gasteiger partial charge in [-0.3, -0.25) is 0 Å². The van der Waals surface area contributed by atoms with Crippen molar-refractivity contribution in [2.24, 2.45) is 0 Å². The summed E-state index contributed by atoms with van der Waals surface area (Å²) in [5.74, 6) is 0.718. The van der Waals surface area contributed by atoms with E-state index in [4.69, 9.17) is 8.92 Å². The van der Waals surface area contributed by atoms with E-state index in [0.29, 0.717) is 10.2 Å². The molecule has 0 heterocycles. The Hall–Kier alpha value is -1.53. The third-order valence-electron chi connectivity index (χ3n) is 2.95.